The second-order valence-electron chi connectivity index (χ2n) is 2.77. The molecule has 5 N–H and O–H groups in total. The van der Waals surface area contributed by atoms with Gasteiger partial charge in [0.2, 0.25) is 5.91 Å². The number of carbonyl (C=O) groups excluding carboxylic acids is 1. The first-order valence-corrected chi connectivity index (χ1v) is 5.45. The molecule has 10 heteroatoms. The number of amides is 1. The van der Waals surface area contributed by atoms with Gasteiger partial charge < -0.3 is 16.2 Å². The van der Waals surface area contributed by atoms with Crippen LogP contribution < -0.4 is 11.1 Å². The average Bonchev–Trinajstić information content (AvgIpc) is 2.07. The normalized spacial score (nSPS) is 13.3. The topological polar surface area (TPSA) is 156 Å². The molecule has 0 saturated carbocycles. The number of primary amides is 1. The summed E-state index contributed by atoms with van der Waals surface area (Å²) < 4.78 is 32.3. The van der Waals surface area contributed by atoms with E-state index in [1.54, 1.807) is 0 Å². The SMILES string of the molecule is NC(=O)C[C@H](NCCOS(=O)(=O)O)C(=O)O. The van der Waals surface area contributed by atoms with Crippen LogP contribution in [0.15, 0.2) is 0 Å². The van der Waals surface area contributed by atoms with E-state index in [0.29, 0.717) is 0 Å². The summed E-state index contributed by atoms with van der Waals surface area (Å²) >= 11 is 0. The summed E-state index contributed by atoms with van der Waals surface area (Å²) in [6, 6.07) is -1.22. The minimum atomic E-state index is -4.54. The number of aliphatic carboxylic acids is 1. The van der Waals surface area contributed by atoms with Crippen molar-refractivity contribution in [3.63, 3.8) is 0 Å². The third kappa shape index (κ3) is 8.11. The van der Waals surface area contributed by atoms with Gasteiger partial charge in [0.15, 0.2) is 0 Å². The number of nitrogens with two attached hydrogens (primary N) is 1. The molecule has 0 aromatic carbocycles. The highest BCUT2D eigenvalue weighted by Crippen LogP contribution is 1.92. The smallest absolute Gasteiger partial charge is 0.397 e. The maximum Gasteiger partial charge on any atom is 0.397 e. The van der Waals surface area contributed by atoms with Gasteiger partial charge in [-0.15, -0.1) is 0 Å². The summed E-state index contributed by atoms with van der Waals surface area (Å²) in [6.07, 6.45) is -0.429. The first-order chi connectivity index (χ1) is 7.22. The fraction of sp³-hybridized carbons (Fsp3) is 0.667. The zero-order chi connectivity index (χ0) is 12.8. The van der Waals surface area contributed by atoms with Gasteiger partial charge in [-0.3, -0.25) is 14.1 Å². The van der Waals surface area contributed by atoms with Crippen molar-refractivity contribution in [2.24, 2.45) is 5.73 Å². The van der Waals surface area contributed by atoms with Crippen molar-refractivity contribution in [2.75, 3.05) is 13.2 Å². The predicted octanol–water partition coefficient (Wildman–Crippen LogP) is -2.28. The van der Waals surface area contributed by atoms with E-state index in [4.69, 9.17) is 15.4 Å². The molecule has 0 radical (unpaired) electrons. The van der Waals surface area contributed by atoms with Crippen molar-refractivity contribution in [3.8, 4) is 0 Å². The molecule has 0 unspecified atom stereocenters. The molecular formula is C6H12N2O7S. The molecule has 0 aliphatic heterocycles. The van der Waals surface area contributed by atoms with Crippen molar-refractivity contribution in [2.45, 2.75) is 12.5 Å². The Hall–Kier alpha value is -1.23. The van der Waals surface area contributed by atoms with Gasteiger partial charge in [-0.2, -0.15) is 8.42 Å². The van der Waals surface area contributed by atoms with Crippen molar-refractivity contribution in [1.82, 2.24) is 5.32 Å². The maximum atomic E-state index is 10.5. The van der Waals surface area contributed by atoms with Crippen LogP contribution in [0.25, 0.3) is 0 Å². The molecule has 0 aliphatic rings. The van der Waals surface area contributed by atoms with E-state index in [1.807, 2.05) is 0 Å². The molecule has 0 rings (SSSR count). The van der Waals surface area contributed by atoms with Crippen LogP contribution >= 0.6 is 0 Å². The number of carboxylic acids is 1. The predicted molar refractivity (Wildman–Crippen MR) is 50.7 cm³/mol. The highest BCUT2D eigenvalue weighted by atomic mass is 32.3. The van der Waals surface area contributed by atoms with Crippen molar-refractivity contribution < 1.29 is 31.8 Å². The fourth-order valence-electron chi connectivity index (χ4n) is 0.828. The number of nitrogens with one attached hydrogen (secondary N) is 1. The Balaban J connectivity index is 3.95. The summed E-state index contributed by atoms with van der Waals surface area (Å²) in [5.41, 5.74) is 4.80. The van der Waals surface area contributed by atoms with Gasteiger partial charge in [0.25, 0.3) is 0 Å². The van der Waals surface area contributed by atoms with Gasteiger partial charge in [-0.25, -0.2) is 4.18 Å². The molecule has 0 spiro atoms. The monoisotopic (exact) mass is 256 g/mol. The Morgan fingerprint density at radius 1 is 1.44 bits per heavy atom. The lowest BCUT2D eigenvalue weighted by atomic mass is 10.2. The van der Waals surface area contributed by atoms with E-state index >= 15 is 0 Å². The molecule has 16 heavy (non-hydrogen) atoms. The van der Waals surface area contributed by atoms with Crippen LogP contribution in [0.3, 0.4) is 0 Å². The van der Waals surface area contributed by atoms with Crippen molar-refractivity contribution in [1.29, 1.82) is 0 Å². The Morgan fingerprint density at radius 2 is 2.00 bits per heavy atom. The minimum absolute atomic E-state index is 0.177. The van der Waals surface area contributed by atoms with Crippen molar-refractivity contribution in [3.05, 3.63) is 0 Å². The van der Waals surface area contributed by atoms with Gasteiger partial charge in [0.05, 0.1) is 13.0 Å². The third-order valence-electron chi connectivity index (χ3n) is 1.43. The lowest BCUT2D eigenvalue weighted by molar-refractivity contribution is -0.141. The van der Waals surface area contributed by atoms with Crippen LogP contribution in [0.2, 0.25) is 0 Å². The molecule has 0 bridgehead atoms. The second-order valence-corrected chi connectivity index (χ2v) is 3.86. The number of carboxylic acid groups (broad SMARTS) is 1. The molecule has 1 atom stereocenters. The Labute approximate surface area is 91.5 Å². The van der Waals surface area contributed by atoms with Crippen LogP contribution in [-0.4, -0.2) is 49.1 Å². The van der Waals surface area contributed by atoms with Crippen molar-refractivity contribution >= 4 is 22.3 Å². The van der Waals surface area contributed by atoms with Crippen LogP contribution in [0.1, 0.15) is 6.42 Å². The lowest BCUT2D eigenvalue weighted by Gasteiger charge is -2.11. The van der Waals surface area contributed by atoms with Crippen LogP contribution in [0, 0.1) is 0 Å². The van der Waals surface area contributed by atoms with Gasteiger partial charge in [0.1, 0.15) is 6.04 Å². The summed E-state index contributed by atoms with van der Waals surface area (Å²) in [4.78, 5) is 21.0. The number of hydrogen-bond donors (Lipinski definition) is 4. The summed E-state index contributed by atoms with van der Waals surface area (Å²) in [7, 11) is -4.54. The first kappa shape index (κ1) is 14.8. The van der Waals surface area contributed by atoms with Gasteiger partial charge in [0, 0.05) is 6.54 Å². The molecule has 0 aromatic heterocycles. The Bertz CT molecular complexity index is 352. The molecule has 9 nitrogen and oxygen atoms in total. The minimum Gasteiger partial charge on any atom is -0.480 e. The molecule has 0 saturated heterocycles. The van der Waals surface area contributed by atoms with E-state index < -0.39 is 41.3 Å². The third-order valence-corrected chi connectivity index (χ3v) is 1.89. The van der Waals surface area contributed by atoms with E-state index in [0.717, 1.165) is 0 Å². The summed E-state index contributed by atoms with van der Waals surface area (Å²) in [5, 5.41) is 10.9. The quantitative estimate of drug-likeness (QED) is 0.279. The van der Waals surface area contributed by atoms with Crippen LogP contribution in [0.4, 0.5) is 0 Å². The Kier molecular flexibility index (Phi) is 5.88. The first-order valence-electron chi connectivity index (χ1n) is 4.08. The average molecular weight is 256 g/mol. The number of carbonyl (C=O) groups is 2. The molecule has 0 aromatic rings. The molecule has 0 aliphatic carbocycles. The van der Waals surface area contributed by atoms with Crippen LogP contribution in [-0.2, 0) is 24.2 Å². The highest BCUT2D eigenvalue weighted by Gasteiger charge is 2.19. The Morgan fingerprint density at radius 3 is 2.38 bits per heavy atom. The largest absolute Gasteiger partial charge is 0.480 e. The lowest BCUT2D eigenvalue weighted by Crippen LogP contribution is -2.41. The number of hydrogen-bond acceptors (Lipinski definition) is 6. The summed E-state index contributed by atoms with van der Waals surface area (Å²) in [5.74, 6) is -2.11. The van der Waals surface area contributed by atoms with E-state index in [-0.39, 0.29) is 6.54 Å². The van der Waals surface area contributed by atoms with E-state index in [9.17, 15) is 18.0 Å². The van der Waals surface area contributed by atoms with Gasteiger partial charge in [-0.1, -0.05) is 0 Å². The van der Waals surface area contributed by atoms with E-state index in [1.165, 1.54) is 0 Å². The summed E-state index contributed by atoms with van der Waals surface area (Å²) in [6.45, 7) is -0.634. The van der Waals surface area contributed by atoms with E-state index in [2.05, 4.69) is 9.50 Å². The fourth-order valence-corrected chi connectivity index (χ4v) is 1.12. The molecule has 0 heterocycles. The second kappa shape index (κ2) is 6.37. The molecule has 0 fully saturated rings. The molecular weight excluding hydrogens is 244 g/mol. The van der Waals surface area contributed by atoms with Crippen LogP contribution in [0.5, 0.6) is 0 Å². The van der Waals surface area contributed by atoms with Gasteiger partial charge >= 0.3 is 16.4 Å². The zero-order valence-corrected chi connectivity index (χ0v) is 8.94. The maximum absolute atomic E-state index is 10.5. The standard InChI is InChI=1S/C6H12N2O7S/c7-5(9)3-4(6(10)11)8-1-2-15-16(12,13)14/h4,8H,1-3H2,(H2,7,9)(H,10,11)(H,12,13,14)/t4-/m0/s1. The highest BCUT2D eigenvalue weighted by molar-refractivity contribution is 7.80. The molecule has 1 amide bonds. The number of rotatable bonds is 8. The zero-order valence-electron chi connectivity index (χ0n) is 8.12. The molecule has 94 valence electrons. The van der Waals surface area contributed by atoms with Gasteiger partial charge in [-0.05, 0) is 0 Å².